The zero-order valence-corrected chi connectivity index (χ0v) is 31.7. The van der Waals surface area contributed by atoms with Gasteiger partial charge in [0.05, 0.1) is 5.69 Å². The number of hydrogen-bond acceptors (Lipinski definition) is 2. The van der Waals surface area contributed by atoms with Gasteiger partial charge >= 0.3 is 0 Å². The van der Waals surface area contributed by atoms with Gasteiger partial charge in [0.15, 0.2) is 5.58 Å². The molecule has 0 saturated carbocycles. The molecule has 10 aromatic rings. The molecule has 1 heterocycles. The predicted octanol–water partition coefficient (Wildman–Crippen LogP) is 15.6. The fourth-order valence-electron chi connectivity index (χ4n) is 8.73. The Morgan fingerprint density at radius 2 is 0.964 bits per heavy atom. The Bertz CT molecular complexity index is 3150. The molecule has 0 radical (unpaired) electrons. The van der Waals surface area contributed by atoms with Gasteiger partial charge in [0.1, 0.15) is 5.58 Å². The molecule has 266 valence electrons. The molecule has 1 aromatic heterocycles. The van der Waals surface area contributed by atoms with Crippen molar-refractivity contribution in [3.05, 3.63) is 188 Å². The highest BCUT2D eigenvalue weighted by molar-refractivity contribution is 6.15. The molecule has 2 nitrogen and oxygen atoms in total. The molecule has 0 unspecified atom stereocenters. The first-order valence-corrected chi connectivity index (χ1v) is 19.5. The minimum Gasteiger partial charge on any atom is -0.454 e. The van der Waals surface area contributed by atoms with Gasteiger partial charge in [-0.15, -0.1) is 0 Å². The van der Waals surface area contributed by atoms with Crippen molar-refractivity contribution in [1.82, 2.24) is 0 Å². The van der Waals surface area contributed by atoms with E-state index in [1.165, 1.54) is 60.5 Å². The van der Waals surface area contributed by atoms with Crippen LogP contribution < -0.4 is 4.90 Å². The number of rotatable bonds is 5. The second-order valence-electron chi connectivity index (χ2n) is 16.2. The predicted molar refractivity (Wildman–Crippen MR) is 237 cm³/mol. The number of fused-ring (bicyclic) bond motifs is 9. The fourth-order valence-corrected chi connectivity index (χ4v) is 8.73. The number of nitrogens with zero attached hydrogens (tertiary/aromatic N) is 1. The molecule has 0 fully saturated rings. The Kier molecular flexibility index (Phi) is 7.15. The van der Waals surface area contributed by atoms with Gasteiger partial charge in [0.25, 0.3) is 0 Å². The highest BCUT2D eigenvalue weighted by Crippen LogP contribution is 2.52. The number of hydrogen-bond donors (Lipinski definition) is 0. The Morgan fingerprint density at radius 1 is 0.393 bits per heavy atom. The van der Waals surface area contributed by atoms with Crippen LogP contribution in [0.2, 0.25) is 0 Å². The van der Waals surface area contributed by atoms with E-state index in [1.807, 2.05) is 6.07 Å². The van der Waals surface area contributed by atoms with Crippen molar-refractivity contribution in [3.63, 3.8) is 0 Å². The average molecular weight is 718 g/mol. The SMILES string of the molecule is CC(C)(C)c1ccc(N(c2ccc3cc4c(cc3c2)-c2cc3cc(-c5ccccc5)ccc3cc2-4)c2c(-c3ccccc3)ccc3c2oc2ccccc23)cc1. The van der Waals surface area contributed by atoms with Crippen molar-refractivity contribution in [2.24, 2.45) is 0 Å². The lowest BCUT2D eigenvalue weighted by Crippen LogP contribution is -2.14. The minimum absolute atomic E-state index is 0.0346. The van der Waals surface area contributed by atoms with Gasteiger partial charge in [-0.05, 0) is 138 Å². The molecule has 0 spiro atoms. The molecule has 56 heavy (non-hydrogen) atoms. The van der Waals surface area contributed by atoms with Crippen LogP contribution >= 0.6 is 0 Å². The second-order valence-corrected chi connectivity index (χ2v) is 16.2. The van der Waals surface area contributed by atoms with E-state index in [9.17, 15) is 0 Å². The minimum atomic E-state index is 0.0346. The summed E-state index contributed by atoms with van der Waals surface area (Å²) in [5, 5.41) is 7.19. The molecule has 2 heteroatoms. The van der Waals surface area contributed by atoms with Crippen LogP contribution in [0, 0.1) is 0 Å². The highest BCUT2D eigenvalue weighted by Gasteiger charge is 2.27. The van der Waals surface area contributed by atoms with E-state index in [2.05, 4.69) is 202 Å². The van der Waals surface area contributed by atoms with E-state index in [-0.39, 0.29) is 5.41 Å². The van der Waals surface area contributed by atoms with Crippen molar-refractivity contribution in [2.75, 3.05) is 4.90 Å². The first-order chi connectivity index (χ1) is 27.4. The maximum atomic E-state index is 6.85. The molecule has 0 aliphatic heterocycles. The molecule has 0 bridgehead atoms. The third-order valence-electron chi connectivity index (χ3n) is 11.7. The van der Waals surface area contributed by atoms with Crippen LogP contribution in [-0.2, 0) is 5.41 Å². The second kappa shape index (κ2) is 12.3. The number of para-hydroxylation sites is 1. The molecule has 9 aromatic carbocycles. The topological polar surface area (TPSA) is 16.4 Å². The van der Waals surface area contributed by atoms with Gasteiger partial charge in [0.2, 0.25) is 0 Å². The summed E-state index contributed by atoms with van der Waals surface area (Å²) in [4.78, 5) is 2.41. The van der Waals surface area contributed by atoms with Gasteiger partial charge in [0, 0.05) is 27.7 Å². The molecule has 11 rings (SSSR count). The largest absolute Gasteiger partial charge is 0.454 e. The first kappa shape index (κ1) is 32.5. The Labute approximate surface area is 326 Å². The maximum Gasteiger partial charge on any atom is 0.160 e. The van der Waals surface area contributed by atoms with E-state index in [0.29, 0.717) is 0 Å². The van der Waals surface area contributed by atoms with Crippen molar-refractivity contribution in [2.45, 2.75) is 26.2 Å². The third kappa shape index (κ3) is 5.17. The van der Waals surface area contributed by atoms with Crippen molar-refractivity contribution in [3.8, 4) is 44.5 Å². The lowest BCUT2D eigenvalue weighted by atomic mass is 9.77. The molecule has 0 atom stereocenters. The van der Waals surface area contributed by atoms with Crippen molar-refractivity contribution < 1.29 is 4.42 Å². The van der Waals surface area contributed by atoms with Crippen LogP contribution in [0.4, 0.5) is 17.1 Å². The maximum absolute atomic E-state index is 6.85. The summed E-state index contributed by atoms with van der Waals surface area (Å²) in [6.45, 7) is 6.81. The van der Waals surface area contributed by atoms with Gasteiger partial charge < -0.3 is 9.32 Å². The van der Waals surface area contributed by atoms with E-state index in [0.717, 1.165) is 50.1 Å². The first-order valence-electron chi connectivity index (χ1n) is 19.5. The highest BCUT2D eigenvalue weighted by atomic mass is 16.3. The molecule has 0 amide bonds. The fraction of sp³-hybridized carbons (Fsp3) is 0.0741. The number of furan rings is 1. The average Bonchev–Trinajstić information content (AvgIpc) is 3.62. The zero-order valence-electron chi connectivity index (χ0n) is 31.7. The van der Waals surface area contributed by atoms with E-state index < -0.39 is 0 Å². The van der Waals surface area contributed by atoms with Crippen LogP contribution in [0.3, 0.4) is 0 Å². The summed E-state index contributed by atoms with van der Waals surface area (Å²) < 4.78 is 6.85. The van der Waals surface area contributed by atoms with Crippen LogP contribution in [0.25, 0.3) is 88.0 Å². The number of benzene rings is 9. The third-order valence-corrected chi connectivity index (χ3v) is 11.7. The molecular weight excluding hydrogens is 679 g/mol. The Morgan fingerprint density at radius 3 is 1.64 bits per heavy atom. The summed E-state index contributed by atoms with van der Waals surface area (Å²) in [6.07, 6.45) is 0. The lowest BCUT2D eigenvalue weighted by molar-refractivity contribution is 0.590. The standard InChI is InChI=1S/C54H39NO/c1-54(2,3)41-21-24-42(25-22-41)55(52-44(35-14-8-5-9-15-35)26-27-46-45-16-10-11-17-51(45)56-53(46)52)43-23-20-38-31-48-47-30-37-19-18-36(34-12-6-4-7-13-34)28-39(37)32-49(47)50(48)33-40(38)29-43/h4-33H,1-3H3. The summed E-state index contributed by atoms with van der Waals surface area (Å²) in [6, 6.07) is 66.5. The summed E-state index contributed by atoms with van der Waals surface area (Å²) in [5.41, 5.74) is 16.3. The summed E-state index contributed by atoms with van der Waals surface area (Å²) in [7, 11) is 0. The van der Waals surface area contributed by atoms with Crippen molar-refractivity contribution in [1.29, 1.82) is 0 Å². The molecule has 1 aliphatic carbocycles. The molecule has 0 saturated heterocycles. The molecular formula is C54H39NO. The zero-order chi connectivity index (χ0) is 37.5. The van der Waals surface area contributed by atoms with Gasteiger partial charge in [-0.25, -0.2) is 0 Å². The normalized spacial score (nSPS) is 12.2. The molecule has 1 aliphatic rings. The van der Waals surface area contributed by atoms with Crippen LogP contribution in [-0.4, -0.2) is 0 Å². The van der Waals surface area contributed by atoms with Crippen LogP contribution in [0.1, 0.15) is 26.3 Å². The molecule has 0 N–H and O–H groups in total. The van der Waals surface area contributed by atoms with Crippen LogP contribution in [0.15, 0.2) is 186 Å². The Balaban J connectivity index is 1.11. The lowest BCUT2D eigenvalue weighted by Gasteiger charge is -2.30. The van der Waals surface area contributed by atoms with Gasteiger partial charge in [-0.3, -0.25) is 0 Å². The van der Waals surface area contributed by atoms with E-state index in [4.69, 9.17) is 4.42 Å². The smallest absolute Gasteiger partial charge is 0.160 e. The summed E-state index contributed by atoms with van der Waals surface area (Å²) in [5.74, 6) is 0. The van der Waals surface area contributed by atoms with Crippen molar-refractivity contribution >= 4 is 60.5 Å². The van der Waals surface area contributed by atoms with E-state index in [1.54, 1.807) is 0 Å². The monoisotopic (exact) mass is 717 g/mol. The van der Waals surface area contributed by atoms with Gasteiger partial charge in [-0.1, -0.05) is 136 Å². The summed E-state index contributed by atoms with van der Waals surface area (Å²) >= 11 is 0. The van der Waals surface area contributed by atoms with E-state index >= 15 is 0 Å². The Hall–Kier alpha value is -6.90. The quantitative estimate of drug-likeness (QED) is 0.176. The number of anilines is 3. The van der Waals surface area contributed by atoms with Crippen LogP contribution in [0.5, 0.6) is 0 Å². The van der Waals surface area contributed by atoms with Gasteiger partial charge in [-0.2, -0.15) is 0 Å².